The van der Waals surface area contributed by atoms with Crippen molar-refractivity contribution in [2.24, 2.45) is 0 Å². The molecule has 0 N–H and O–H groups in total. The number of rotatable bonds is 2. The van der Waals surface area contributed by atoms with Gasteiger partial charge in [0.05, 0.1) is 25.9 Å². The highest BCUT2D eigenvalue weighted by atomic mass is 79.9. The maximum absolute atomic E-state index is 12.3. The van der Waals surface area contributed by atoms with Gasteiger partial charge in [0, 0.05) is 0 Å². The highest BCUT2D eigenvalue weighted by Gasteiger charge is 2.22. The number of hydrogen-bond acceptors (Lipinski definition) is 5. The van der Waals surface area contributed by atoms with Gasteiger partial charge in [0.2, 0.25) is 11.2 Å². The van der Waals surface area contributed by atoms with E-state index >= 15 is 0 Å². The lowest BCUT2D eigenvalue weighted by molar-refractivity contribution is 0.400. The monoisotopic (exact) mass is 324 g/mol. The van der Waals surface area contributed by atoms with Crippen molar-refractivity contribution in [2.75, 3.05) is 14.2 Å². The number of furan rings is 1. The highest BCUT2D eigenvalue weighted by Crippen LogP contribution is 2.41. The van der Waals surface area contributed by atoms with Gasteiger partial charge in [-0.15, -0.1) is 0 Å². The van der Waals surface area contributed by atoms with E-state index in [0.29, 0.717) is 37.9 Å². The van der Waals surface area contributed by atoms with Crippen LogP contribution < -0.4 is 14.9 Å². The Bertz CT molecular complexity index is 830. The number of methoxy groups -OCH3 is 2. The molecule has 0 radical (unpaired) electrons. The third-order valence-electron chi connectivity index (χ3n) is 2.91. The molecule has 5 nitrogen and oxygen atoms in total. The van der Waals surface area contributed by atoms with E-state index in [-0.39, 0.29) is 5.43 Å². The number of ether oxygens (including phenoxy) is 2. The van der Waals surface area contributed by atoms with Crippen LogP contribution >= 0.6 is 15.9 Å². The number of halogens is 1. The Balaban J connectivity index is 2.69. The van der Waals surface area contributed by atoms with Gasteiger partial charge in [-0.05, 0) is 22.0 Å². The van der Waals surface area contributed by atoms with Crippen molar-refractivity contribution in [1.82, 2.24) is 0 Å². The minimum absolute atomic E-state index is 0.223. The van der Waals surface area contributed by atoms with Crippen LogP contribution in [0.3, 0.4) is 0 Å². The van der Waals surface area contributed by atoms with E-state index in [0.717, 1.165) is 0 Å². The minimum Gasteiger partial charge on any atom is -0.495 e. The molecule has 0 saturated carbocycles. The number of fused-ring (bicyclic) bond motifs is 2. The molecule has 0 aliphatic carbocycles. The van der Waals surface area contributed by atoms with Crippen LogP contribution in [0.15, 0.2) is 36.7 Å². The van der Waals surface area contributed by atoms with Gasteiger partial charge >= 0.3 is 0 Å². The molecule has 0 aliphatic rings. The maximum Gasteiger partial charge on any atom is 0.210 e. The van der Waals surface area contributed by atoms with Gasteiger partial charge in [0.25, 0.3) is 0 Å². The Hall–Kier alpha value is -1.95. The molecular weight excluding hydrogens is 316 g/mol. The van der Waals surface area contributed by atoms with Crippen molar-refractivity contribution < 1.29 is 18.3 Å². The van der Waals surface area contributed by atoms with Crippen LogP contribution in [0.2, 0.25) is 0 Å². The second-order valence-corrected chi connectivity index (χ2v) is 4.70. The van der Waals surface area contributed by atoms with Crippen molar-refractivity contribution in [1.29, 1.82) is 0 Å². The van der Waals surface area contributed by atoms with E-state index in [1.807, 2.05) is 0 Å². The Labute approximate surface area is 115 Å². The van der Waals surface area contributed by atoms with E-state index < -0.39 is 0 Å². The Morgan fingerprint density at radius 1 is 1.11 bits per heavy atom. The van der Waals surface area contributed by atoms with Crippen molar-refractivity contribution >= 4 is 37.9 Å². The van der Waals surface area contributed by atoms with Crippen LogP contribution in [0.25, 0.3) is 21.9 Å². The molecule has 6 heteroatoms. The molecule has 1 aromatic carbocycles. The molecular formula is C13H9BrO5. The predicted molar refractivity (Wildman–Crippen MR) is 73.1 cm³/mol. The van der Waals surface area contributed by atoms with Crippen molar-refractivity contribution in [3.05, 3.63) is 33.3 Å². The quantitative estimate of drug-likeness (QED) is 0.723. The van der Waals surface area contributed by atoms with Gasteiger partial charge in [-0.1, -0.05) is 0 Å². The molecule has 98 valence electrons. The Kier molecular flexibility index (Phi) is 2.74. The summed E-state index contributed by atoms with van der Waals surface area (Å²) in [5.74, 6) is 0.787. The summed E-state index contributed by atoms with van der Waals surface area (Å²) in [7, 11) is 2.99. The maximum atomic E-state index is 12.3. The largest absolute Gasteiger partial charge is 0.495 e. The van der Waals surface area contributed by atoms with Crippen molar-refractivity contribution in [2.45, 2.75) is 0 Å². The fourth-order valence-corrected chi connectivity index (χ4v) is 2.41. The normalized spacial score (nSPS) is 11.1. The van der Waals surface area contributed by atoms with Crippen LogP contribution in [-0.2, 0) is 0 Å². The Morgan fingerprint density at radius 2 is 1.84 bits per heavy atom. The lowest BCUT2D eigenvalue weighted by atomic mass is 10.1. The topological polar surface area (TPSA) is 61.8 Å². The van der Waals surface area contributed by atoms with E-state index in [2.05, 4.69) is 15.9 Å². The first-order valence-corrected chi connectivity index (χ1v) is 6.20. The van der Waals surface area contributed by atoms with Gasteiger partial charge in [0.15, 0.2) is 11.2 Å². The first-order chi connectivity index (χ1) is 9.19. The zero-order valence-corrected chi connectivity index (χ0v) is 11.7. The van der Waals surface area contributed by atoms with Crippen LogP contribution in [0.1, 0.15) is 0 Å². The first-order valence-electron chi connectivity index (χ1n) is 5.41. The summed E-state index contributed by atoms with van der Waals surface area (Å²) in [4.78, 5) is 12.3. The smallest absolute Gasteiger partial charge is 0.210 e. The minimum atomic E-state index is -0.223. The van der Waals surface area contributed by atoms with E-state index in [4.69, 9.17) is 18.3 Å². The summed E-state index contributed by atoms with van der Waals surface area (Å²) in [5.41, 5.74) is 0.562. The van der Waals surface area contributed by atoms with Gasteiger partial charge in [-0.25, -0.2) is 0 Å². The Morgan fingerprint density at radius 3 is 2.53 bits per heavy atom. The zero-order valence-electron chi connectivity index (χ0n) is 10.2. The molecule has 3 aromatic rings. The predicted octanol–water partition coefficient (Wildman–Crippen LogP) is 3.32. The summed E-state index contributed by atoms with van der Waals surface area (Å²) >= 11 is 3.15. The lowest BCUT2D eigenvalue weighted by Crippen LogP contribution is -2.05. The molecule has 2 heterocycles. The van der Waals surface area contributed by atoms with Gasteiger partial charge in [0.1, 0.15) is 21.9 Å². The molecule has 0 saturated heterocycles. The molecule has 0 aliphatic heterocycles. The van der Waals surface area contributed by atoms with Gasteiger partial charge in [-0.3, -0.25) is 4.79 Å². The third kappa shape index (κ3) is 1.56. The second-order valence-electron chi connectivity index (χ2n) is 3.85. The van der Waals surface area contributed by atoms with Crippen molar-refractivity contribution in [3.63, 3.8) is 0 Å². The highest BCUT2D eigenvalue weighted by molar-refractivity contribution is 9.10. The molecule has 0 spiro atoms. The molecule has 0 unspecified atom stereocenters. The molecule has 0 fully saturated rings. The SMILES string of the molecule is COc1c2occc2c(OC)c2c(=O)c(Br)coc12. The van der Waals surface area contributed by atoms with Crippen LogP contribution in [0.4, 0.5) is 0 Å². The third-order valence-corrected chi connectivity index (χ3v) is 3.46. The van der Waals surface area contributed by atoms with E-state index in [1.54, 1.807) is 6.07 Å². The molecule has 3 rings (SSSR count). The summed E-state index contributed by atoms with van der Waals surface area (Å²) in [6.07, 6.45) is 2.83. The molecule has 2 aromatic heterocycles. The van der Waals surface area contributed by atoms with Gasteiger partial charge < -0.3 is 18.3 Å². The number of benzene rings is 1. The van der Waals surface area contributed by atoms with Gasteiger partial charge in [-0.2, -0.15) is 0 Å². The average molecular weight is 325 g/mol. The fraction of sp³-hybridized carbons (Fsp3) is 0.154. The summed E-state index contributed by atoms with van der Waals surface area (Å²) in [5, 5.41) is 0.986. The van der Waals surface area contributed by atoms with Crippen LogP contribution in [-0.4, -0.2) is 14.2 Å². The molecule has 19 heavy (non-hydrogen) atoms. The summed E-state index contributed by atoms with van der Waals surface area (Å²) in [6.45, 7) is 0. The molecule has 0 bridgehead atoms. The second kappa shape index (κ2) is 4.31. The molecule has 0 atom stereocenters. The number of hydrogen-bond donors (Lipinski definition) is 0. The van der Waals surface area contributed by atoms with Crippen LogP contribution in [0.5, 0.6) is 11.5 Å². The van der Waals surface area contributed by atoms with E-state index in [1.165, 1.54) is 26.7 Å². The zero-order chi connectivity index (χ0) is 13.6. The van der Waals surface area contributed by atoms with Crippen molar-refractivity contribution in [3.8, 4) is 11.5 Å². The summed E-state index contributed by atoms with van der Waals surface area (Å²) in [6, 6.07) is 1.72. The first kappa shape index (κ1) is 12.1. The fourth-order valence-electron chi connectivity index (χ4n) is 2.12. The standard InChI is InChI=1S/C13H9BrO5/c1-16-10-6-3-4-18-11(6)13(17-2)12-8(10)9(15)7(14)5-19-12/h3-5H,1-2H3. The lowest BCUT2D eigenvalue weighted by Gasteiger charge is -2.09. The van der Waals surface area contributed by atoms with Crippen LogP contribution in [0, 0.1) is 0 Å². The average Bonchev–Trinajstić information content (AvgIpc) is 2.89. The van der Waals surface area contributed by atoms with E-state index in [9.17, 15) is 4.79 Å². The summed E-state index contributed by atoms with van der Waals surface area (Å²) < 4.78 is 21.8. The molecule has 0 amide bonds.